The van der Waals surface area contributed by atoms with E-state index in [1.54, 1.807) is 0 Å². The topological polar surface area (TPSA) is 7.76 Å². The van der Waals surface area contributed by atoms with E-state index in [9.17, 15) is 0 Å². The molecule has 0 aliphatic rings. The molecule has 0 saturated heterocycles. The van der Waals surface area contributed by atoms with Crippen LogP contribution >= 0.6 is 0 Å². The number of hydrogen-bond donors (Lipinski definition) is 0. The maximum atomic E-state index is 2.29. The van der Waals surface area contributed by atoms with Gasteiger partial charge in [-0.1, -0.05) is 0 Å². The van der Waals surface area contributed by atoms with E-state index in [-0.39, 0.29) is 14.5 Å². The second-order valence-electron chi connectivity index (χ2n) is 9.90. The monoisotopic (exact) mass is 592 g/mol. The molecule has 0 spiro atoms. The number of hydrogen-bond acceptors (Lipinski definition) is 0. The third kappa shape index (κ3) is 5.10. The second-order valence-corrected chi connectivity index (χ2v) is 12.0. The van der Waals surface area contributed by atoms with Gasteiger partial charge in [0.15, 0.2) is 0 Å². The first kappa shape index (κ1) is 25.2. The first-order chi connectivity index (χ1) is 20.3. The van der Waals surface area contributed by atoms with Crippen molar-refractivity contribution in [2.75, 3.05) is 0 Å². The average Bonchev–Trinajstić information content (AvgIpc) is 3.47. The van der Waals surface area contributed by atoms with E-state index in [1.165, 1.54) is 42.3 Å². The molecular formula is C38H28N2Se+2. The van der Waals surface area contributed by atoms with E-state index in [0.717, 1.165) is 11.4 Å². The van der Waals surface area contributed by atoms with E-state index in [2.05, 4.69) is 167 Å². The summed E-state index contributed by atoms with van der Waals surface area (Å²) in [6.45, 7) is 0. The van der Waals surface area contributed by atoms with Crippen molar-refractivity contribution in [2.45, 2.75) is 0 Å². The summed E-state index contributed by atoms with van der Waals surface area (Å²) in [6, 6.07) is 52.2. The molecule has 2 nitrogen and oxygen atoms in total. The molecule has 7 rings (SSSR count). The van der Waals surface area contributed by atoms with Crippen LogP contribution in [0.2, 0.25) is 0 Å². The van der Waals surface area contributed by atoms with Crippen LogP contribution in [0.1, 0.15) is 0 Å². The summed E-state index contributed by atoms with van der Waals surface area (Å²) in [6.07, 6.45) is 8.36. The van der Waals surface area contributed by atoms with Crippen LogP contribution < -0.4 is 9.13 Å². The second kappa shape index (κ2) is 11.3. The quantitative estimate of drug-likeness (QED) is 0.137. The van der Waals surface area contributed by atoms with E-state index >= 15 is 0 Å². The fourth-order valence-electron chi connectivity index (χ4n) is 5.31. The first-order valence-electron chi connectivity index (χ1n) is 13.8. The predicted octanol–water partition coefficient (Wildman–Crippen LogP) is 7.97. The van der Waals surface area contributed by atoms with E-state index in [1.807, 2.05) is 12.1 Å². The van der Waals surface area contributed by atoms with E-state index < -0.39 is 0 Å². The number of aromatic nitrogens is 2. The molecule has 3 heteroatoms. The Morgan fingerprint density at radius 2 is 0.659 bits per heavy atom. The van der Waals surface area contributed by atoms with Crippen LogP contribution in [0, 0.1) is 0 Å². The summed E-state index contributed by atoms with van der Waals surface area (Å²) < 4.78 is 7.15. The number of benzene rings is 4. The van der Waals surface area contributed by atoms with Gasteiger partial charge in [-0.2, -0.15) is 0 Å². The zero-order valence-corrected chi connectivity index (χ0v) is 24.2. The Hall–Kier alpha value is -4.82. The molecule has 0 aliphatic carbocycles. The number of nitrogens with zero attached hydrogens (tertiary/aromatic N) is 2. The van der Waals surface area contributed by atoms with Gasteiger partial charge >= 0.3 is 248 Å². The molecule has 0 bridgehead atoms. The average molecular weight is 592 g/mol. The van der Waals surface area contributed by atoms with Gasteiger partial charge in [-0.3, -0.25) is 0 Å². The van der Waals surface area contributed by atoms with E-state index in [4.69, 9.17) is 0 Å². The molecule has 41 heavy (non-hydrogen) atoms. The van der Waals surface area contributed by atoms with Crippen LogP contribution in [0.15, 0.2) is 170 Å². The molecule has 0 atom stereocenters. The van der Waals surface area contributed by atoms with E-state index in [0.29, 0.717) is 0 Å². The van der Waals surface area contributed by atoms with Gasteiger partial charge in [0.2, 0.25) is 0 Å². The third-order valence-electron chi connectivity index (χ3n) is 7.32. The molecular weight excluding hydrogens is 563 g/mol. The van der Waals surface area contributed by atoms with Crippen LogP contribution in [0.5, 0.6) is 0 Å². The number of rotatable bonds is 6. The minimum absolute atomic E-state index is 0.110. The van der Waals surface area contributed by atoms with Gasteiger partial charge in [-0.15, -0.1) is 0 Å². The molecule has 0 radical (unpaired) electrons. The van der Waals surface area contributed by atoms with Crippen LogP contribution in [0.4, 0.5) is 0 Å². The molecule has 0 unspecified atom stereocenters. The van der Waals surface area contributed by atoms with Crippen molar-refractivity contribution in [3.05, 3.63) is 170 Å². The Morgan fingerprint density at radius 3 is 1.02 bits per heavy atom. The third-order valence-corrected chi connectivity index (χ3v) is 10.0. The first-order valence-corrected chi connectivity index (χ1v) is 15.5. The molecule has 4 aromatic carbocycles. The molecule has 3 aromatic heterocycles. The van der Waals surface area contributed by atoms with Crippen molar-refractivity contribution in [3.63, 3.8) is 0 Å². The van der Waals surface area contributed by atoms with Crippen LogP contribution in [-0.4, -0.2) is 14.5 Å². The fraction of sp³-hybridized carbons (Fsp3) is 0. The SMILES string of the molecule is c1ccc(-c2c(-c3ccc(-[n+]4ccccc4)cc3)[se]c(-c3ccc(-[n+]4ccccc4)cc3)c2-c2ccccc2)cc1. The molecule has 3 heterocycles. The Labute approximate surface area is 246 Å². The molecule has 194 valence electrons. The molecule has 0 fully saturated rings. The molecule has 0 aliphatic heterocycles. The zero-order chi connectivity index (χ0) is 27.4. The number of pyridine rings is 2. The summed E-state index contributed by atoms with van der Waals surface area (Å²) in [4.78, 5) is 0. The van der Waals surface area contributed by atoms with Crippen LogP contribution in [0.3, 0.4) is 0 Å². The van der Waals surface area contributed by atoms with Gasteiger partial charge in [0.1, 0.15) is 0 Å². The summed E-state index contributed by atoms with van der Waals surface area (Å²) in [5, 5.41) is 0. The predicted molar refractivity (Wildman–Crippen MR) is 168 cm³/mol. The minimum atomic E-state index is 0.110. The summed E-state index contributed by atoms with van der Waals surface area (Å²) in [5.74, 6) is 0. The van der Waals surface area contributed by atoms with Crippen molar-refractivity contribution >= 4 is 14.5 Å². The van der Waals surface area contributed by atoms with Crippen LogP contribution in [0.25, 0.3) is 53.6 Å². The molecule has 0 amide bonds. The van der Waals surface area contributed by atoms with Crippen molar-refractivity contribution in [1.29, 1.82) is 0 Å². The molecule has 0 N–H and O–H groups in total. The summed E-state index contributed by atoms with van der Waals surface area (Å²) in [5.41, 5.74) is 10.1. The Kier molecular flexibility index (Phi) is 6.97. The van der Waals surface area contributed by atoms with Gasteiger partial charge in [0.05, 0.1) is 0 Å². The van der Waals surface area contributed by atoms with Gasteiger partial charge in [-0.05, 0) is 0 Å². The van der Waals surface area contributed by atoms with Crippen molar-refractivity contribution in [2.24, 2.45) is 0 Å². The maximum absolute atomic E-state index is 2.29. The normalized spacial score (nSPS) is 10.9. The summed E-state index contributed by atoms with van der Waals surface area (Å²) in [7, 11) is 0. The van der Waals surface area contributed by atoms with Gasteiger partial charge in [0.25, 0.3) is 0 Å². The van der Waals surface area contributed by atoms with Gasteiger partial charge in [0, 0.05) is 0 Å². The summed E-state index contributed by atoms with van der Waals surface area (Å²) >= 11 is 0.110. The van der Waals surface area contributed by atoms with Crippen molar-refractivity contribution in [3.8, 4) is 53.6 Å². The van der Waals surface area contributed by atoms with Gasteiger partial charge in [-0.25, -0.2) is 0 Å². The zero-order valence-electron chi connectivity index (χ0n) is 22.5. The molecule has 0 saturated carbocycles. The Balaban J connectivity index is 1.43. The van der Waals surface area contributed by atoms with Crippen molar-refractivity contribution in [1.82, 2.24) is 0 Å². The van der Waals surface area contributed by atoms with Gasteiger partial charge < -0.3 is 0 Å². The fourth-order valence-corrected chi connectivity index (χ4v) is 8.15. The van der Waals surface area contributed by atoms with Crippen LogP contribution in [-0.2, 0) is 0 Å². The standard InChI is InChI=1S/C38H28N2Se/c1-5-13-29(14-6-1)35-36(30-15-7-2-8-16-30)38(32-19-23-34(24-20-32)40-27-11-4-12-28-40)41-37(35)31-17-21-33(22-18-31)39-25-9-3-10-26-39/h1-28H/q+2. The van der Waals surface area contributed by atoms with Crippen molar-refractivity contribution < 1.29 is 9.13 Å². The Bertz CT molecular complexity index is 1740. The molecule has 7 aromatic rings. The Morgan fingerprint density at radius 1 is 0.317 bits per heavy atom.